The van der Waals surface area contributed by atoms with Crippen LogP contribution in [0.1, 0.15) is 84.0 Å². The minimum atomic E-state index is 0.287. The van der Waals surface area contributed by atoms with E-state index in [1.165, 1.54) is 70.6 Å². The van der Waals surface area contributed by atoms with Gasteiger partial charge in [0.15, 0.2) is 0 Å². The van der Waals surface area contributed by atoms with E-state index in [2.05, 4.69) is 12.2 Å². The molecule has 1 aliphatic heterocycles. The van der Waals surface area contributed by atoms with Crippen molar-refractivity contribution in [3.63, 3.8) is 0 Å². The van der Waals surface area contributed by atoms with Crippen LogP contribution in [-0.4, -0.2) is 11.9 Å². The van der Waals surface area contributed by atoms with Crippen molar-refractivity contribution in [3.05, 3.63) is 0 Å². The maximum absolute atomic E-state index is 11.7. The van der Waals surface area contributed by atoms with Crippen LogP contribution in [0, 0.1) is 5.41 Å². The van der Waals surface area contributed by atoms with Crippen molar-refractivity contribution in [2.45, 2.75) is 90.0 Å². The largest absolute Gasteiger partial charge is 0.353 e. The number of nitrogens with one attached hydrogen (secondary N) is 1. The van der Waals surface area contributed by atoms with E-state index in [-0.39, 0.29) is 11.3 Å². The molecule has 2 rings (SSSR count). The van der Waals surface area contributed by atoms with E-state index in [0.29, 0.717) is 6.04 Å². The molecular formula is C16H29NO. The molecule has 0 bridgehead atoms. The Kier molecular flexibility index (Phi) is 5.08. The SMILES string of the molecule is CC1NC(=O)CC12CCCCCCCCCCC2. The molecule has 0 radical (unpaired) electrons. The maximum Gasteiger partial charge on any atom is 0.220 e. The molecule has 0 aromatic carbocycles. The molecule has 1 aliphatic carbocycles. The summed E-state index contributed by atoms with van der Waals surface area (Å²) in [6.45, 7) is 2.22. The Bertz CT molecular complexity index is 262. The minimum Gasteiger partial charge on any atom is -0.353 e. The van der Waals surface area contributed by atoms with E-state index >= 15 is 0 Å². The summed E-state index contributed by atoms with van der Waals surface area (Å²) in [5.41, 5.74) is 0.288. The van der Waals surface area contributed by atoms with E-state index in [1.807, 2.05) is 0 Å². The first-order valence-corrected chi connectivity index (χ1v) is 8.02. The molecule has 18 heavy (non-hydrogen) atoms. The lowest BCUT2D eigenvalue weighted by Crippen LogP contribution is -2.34. The average molecular weight is 251 g/mol. The molecule has 2 fully saturated rings. The van der Waals surface area contributed by atoms with Crippen LogP contribution in [0.5, 0.6) is 0 Å². The summed E-state index contributed by atoms with van der Waals surface area (Å²) in [6.07, 6.45) is 15.7. The van der Waals surface area contributed by atoms with Crippen molar-refractivity contribution < 1.29 is 4.79 Å². The van der Waals surface area contributed by atoms with Crippen LogP contribution in [0.15, 0.2) is 0 Å². The summed E-state index contributed by atoms with van der Waals surface area (Å²) in [7, 11) is 0. The summed E-state index contributed by atoms with van der Waals surface area (Å²) < 4.78 is 0. The van der Waals surface area contributed by atoms with Crippen LogP contribution in [0.3, 0.4) is 0 Å². The van der Waals surface area contributed by atoms with Gasteiger partial charge in [0.05, 0.1) is 0 Å². The molecule has 0 aromatic rings. The van der Waals surface area contributed by atoms with Crippen molar-refractivity contribution in [1.82, 2.24) is 5.32 Å². The third-order valence-electron chi connectivity index (χ3n) is 5.16. The fourth-order valence-corrected chi connectivity index (χ4v) is 3.84. The molecule has 2 aliphatic rings. The van der Waals surface area contributed by atoms with Gasteiger partial charge >= 0.3 is 0 Å². The summed E-state index contributed by atoms with van der Waals surface area (Å²) in [5.74, 6) is 0.287. The molecule has 1 N–H and O–H groups in total. The Morgan fingerprint density at radius 3 is 1.72 bits per heavy atom. The Labute approximate surface area is 112 Å². The summed E-state index contributed by atoms with van der Waals surface area (Å²) >= 11 is 0. The number of hydrogen-bond donors (Lipinski definition) is 1. The number of carbonyl (C=O) groups is 1. The lowest BCUT2D eigenvalue weighted by atomic mass is 9.72. The molecular weight excluding hydrogens is 222 g/mol. The predicted molar refractivity (Wildman–Crippen MR) is 75.4 cm³/mol. The highest BCUT2D eigenvalue weighted by Crippen LogP contribution is 2.42. The second-order valence-electron chi connectivity index (χ2n) is 6.51. The fraction of sp³-hybridized carbons (Fsp3) is 0.938. The zero-order chi connectivity index (χ0) is 12.8. The second kappa shape index (κ2) is 6.58. The van der Waals surface area contributed by atoms with Gasteiger partial charge in [0.1, 0.15) is 0 Å². The van der Waals surface area contributed by atoms with Gasteiger partial charge in [0.25, 0.3) is 0 Å². The first kappa shape index (κ1) is 13.9. The van der Waals surface area contributed by atoms with Gasteiger partial charge in [-0.1, -0.05) is 57.8 Å². The van der Waals surface area contributed by atoms with Crippen molar-refractivity contribution in [3.8, 4) is 0 Å². The number of hydrogen-bond acceptors (Lipinski definition) is 1. The molecule has 2 heteroatoms. The van der Waals surface area contributed by atoms with E-state index in [0.717, 1.165) is 6.42 Å². The first-order chi connectivity index (χ1) is 8.73. The first-order valence-electron chi connectivity index (χ1n) is 8.02. The Balaban J connectivity index is 1.94. The Hall–Kier alpha value is -0.530. The van der Waals surface area contributed by atoms with Crippen LogP contribution < -0.4 is 5.32 Å². The van der Waals surface area contributed by atoms with Gasteiger partial charge in [-0.05, 0) is 25.2 Å². The lowest BCUT2D eigenvalue weighted by molar-refractivity contribution is -0.119. The minimum absolute atomic E-state index is 0.287. The molecule has 1 amide bonds. The van der Waals surface area contributed by atoms with Crippen molar-refractivity contribution in [1.29, 1.82) is 0 Å². The quantitative estimate of drug-likeness (QED) is 0.687. The maximum atomic E-state index is 11.7. The highest BCUT2D eigenvalue weighted by atomic mass is 16.2. The highest BCUT2D eigenvalue weighted by Gasteiger charge is 2.43. The molecule has 0 aromatic heterocycles. The summed E-state index contributed by atoms with van der Waals surface area (Å²) in [6, 6.07) is 0.396. The zero-order valence-electron chi connectivity index (χ0n) is 12.0. The molecule has 104 valence electrons. The molecule has 1 heterocycles. The fourth-order valence-electron chi connectivity index (χ4n) is 3.84. The molecule has 1 atom stereocenters. The number of carbonyl (C=O) groups excluding carboxylic acids is 1. The van der Waals surface area contributed by atoms with Crippen LogP contribution in [0.4, 0.5) is 0 Å². The topological polar surface area (TPSA) is 29.1 Å². The van der Waals surface area contributed by atoms with Crippen molar-refractivity contribution in [2.75, 3.05) is 0 Å². The molecule has 1 unspecified atom stereocenters. The van der Waals surface area contributed by atoms with E-state index in [1.54, 1.807) is 0 Å². The normalized spacial score (nSPS) is 30.5. The predicted octanol–water partition coefficient (Wildman–Crippen LogP) is 4.19. The van der Waals surface area contributed by atoms with E-state index in [9.17, 15) is 4.79 Å². The van der Waals surface area contributed by atoms with E-state index < -0.39 is 0 Å². The van der Waals surface area contributed by atoms with Gasteiger partial charge in [-0.15, -0.1) is 0 Å². The number of amides is 1. The van der Waals surface area contributed by atoms with E-state index in [4.69, 9.17) is 0 Å². The zero-order valence-corrected chi connectivity index (χ0v) is 12.0. The Morgan fingerprint density at radius 2 is 1.33 bits per heavy atom. The monoisotopic (exact) mass is 251 g/mol. The van der Waals surface area contributed by atoms with Crippen LogP contribution in [-0.2, 0) is 4.79 Å². The molecule has 1 saturated carbocycles. The third-order valence-corrected chi connectivity index (χ3v) is 5.16. The third kappa shape index (κ3) is 3.49. The molecule has 1 saturated heterocycles. The molecule has 1 spiro atoms. The van der Waals surface area contributed by atoms with Crippen molar-refractivity contribution >= 4 is 5.91 Å². The van der Waals surface area contributed by atoms with Crippen molar-refractivity contribution in [2.24, 2.45) is 5.41 Å². The van der Waals surface area contributed by atoms with Gasteiger partial charge in [-0.25, -0.2) is 0 Å². The average Bonchev–Trinajstić information content (AvgIpc) is 2.59. The van der Waals surface area contributed by atoms with Crippen LogP contribution in [0.25, 0.3) is 0 Å². The smallest absolute Gasteiger partial charge is 0.220 e. The summed E-state index contributed by atoms with van der Waals surface area (Å²) in [4.78, 5) is 11.7. The van der Waals surface area contributed by atoms with Gasteiger partial charge in [-0.3, -0.25) is 4.79 Å². The highest BCUT2D eigenvalue weighted by molar-refractivity contribution is 5.79. The number of rotatable bonds is 0. The molecule has 2 nitrogen and oxygen atoms in total. The standard InChI is InChI=1S/C16H29NO/c1-14-16(13-15(18)17-14)11-9-7-5-3-2-4-6-8-10-12-16/h14H,2-13H2,1H3,(H,17,18). The van der Waals surface area contributed by atoms with Crippen LogP contribution in [0.2, 0.25) is 0 Å². The van der Waals surface area contributed by atoms with Gasteiger partial charge in [0, 0.05) is 12.5 Å². The van der Waals surface area contributed by atoms with Crippen LogP contribution >= 0.6 is 0 Å². The lowest BCUT2D eigenvalue weighted by Gasteiger charge is -2.33. The second-order valence-corrected chi connectivity index (χ2v) is 6.51. The van der Waals surface area contributed by atoms with Gasteiger partial charge < -0.3 is 5.32 Å². The Morgan fingerprint density at radius 1 is 0.889 bits per heavy atom. The van der Waals surface area contributed by atoms with Gasteiger partial charge in [0.2, 0.25) is 5.91 Å². The van der Waals surface area contributed by atoms with Gasteiger partial charge in [-0.2, -0.15) is 0 Å². The summed E-state index contributed by atoms with van der Waals surface area (Å²) in [5, 5.41) is 3.15.